The highest BCUT2D eigenvalue weighted by Gasteiger charge is 2.35. The van der Waals surface area contributed by atoms with Crippen LogP contribution in [0.5, 0.6) is 5.75 Å². The van der Waals surface area contributed by atoms with Gasteiger partial charge in [-0.15, -0.1) is 0 Å². The number of rotatable bonds is 7. The van der Waals surface area contributed by atoms with E-state index >= 15 is 0 Å². The zero-order valence-electron chi connectivity index (χ0n) is 18.3. The Morgan fingerprint density at radius 1 is 1.10 bits per heavy atom. The first kappa shape index (κ1) is 24.3. The van der Waals surface area contributed by atoms with Gasteiger partial charge in [0.05, 0.1) is 0 Å². The highest BCUT2D eigenvalue weighted by molar-refractivity contribution is 5.92. The van der Waals surface area contributed by atoms with Gasteiger partial charge >= 0.3 is 6.09 Å². The number of likely N-dealkylation sites (N-methyl/N-ethyl adjacent to an activating group) is 1. The zero-order valence-corrected chi connectivity index (χ0v) is 18.3. The van der Waals surface area contributed by atoms with Gasteiger partial charge in [0.25, 0.3) is 0 Å². The molecule has 0 saturated carbocycles. The molecule has 0 fully saturated rings. The Morgan fingerprint density at radius 3 is 2.17 bits per heavy atom. The number of amides is 3. The average molecular weight is 408 g/mol. The molecule has 8 heteroatoms. The zero-order chi connectivity index (χ0) is 22.4. The summed E-state index contributed by atoms with van der Waals surface area (Å²) in [6.45, 7) is 12.2. The predicted molar refractivity (Wildman–Crippen MR) is 110 cm³/mol. The molecule has 162 valence electrons. The van der Waals surface area contributed by atoms with Gasteiger partial charge in [0.15, 0.2) is 0 Å². The summed E-state index contributed by atoms with van der Waals surface area (Å²) in [5.41, 5.74) is -0.391. The highest BCUT2D eigenvalue weighted by atomic mass is 16.6. The van der Waals surface area contributed by atoms with Crippen molar-refractivity contribution in [2.75, 3.05) is 6.54 Å². The standard InChI is InChI=1S/C21H33N3O5/c1-8-24(19(27)14(4)23-20(28)29-21(5,6)7)17(18(26)22-13(2)3)15-11-9-10-12-16(15)25/h9-14,17,25H,8H2,1-7H3,(H,22,26)(H,23,28). The molecule has 0 saturated heterocycles. The lowest BCUT2D eigenvalue weighted by atomic mass is 10.0. The summed E-state index contributed by atoms with van der Waals surface area (Å²) in [6.07, 6.45) is -0.722. The molecule has 1 rings (SSSR count). The molecule has 2 atom stereocenters. The topological polar surface area (TPSA) is 108 Å². The molecule has 0 heterocycles. The molecule has 1 aromatic rings. The van der Waals surface area contributed by atoms with E-state index in [-0.39, 0.29) is 18.3 Å². The predicted octanol–water partition coefficient (Wildman–Crippen LogP) is 2.72. The van der Waals surface area contributed by atoms with E-state index in [0.717, 1.165) is 0 Å². The third-order valence-electron chi connectivity index (χ3n) is 3.95. The van der Waals surface area contributed by atoms with Crippen molar-refractivity contribution in [1.29, 1.82) is 0 Å². The van der Waals surface area contributed by atoms with E-state index in [4.69, 9.17) is 4.74 Å². The first-order valence-corrected chi connectivity index (χ1v) is 9.75. The normalized spacial score (nSPS) is 13.4. The molecule has 2 unspecified atom stereocenters. The summed E-state index contributed by atoms with van der Waals surface area (Å²) in [7, 11) is 0. The van der Waals surface area contributed by atoms with Gasteiger partial charge in [-0.25, -0.2) is 4.79 Å². The van der Waals surface area contributed by atoms with Crippen LogP contribution in [0.25, 0.3) is 0 Å². The number of para-hydroxylation sites is 1. The van der Waals surface area contributed by atoms with Gasteiger partial charge in [-0.1, -0.05) is 18.2 Å². The Labute approximate surface area is 172 Å². The molecular weight excluding hydrogens is 374 g/mol. The Morgan fingerprint density at radius 2 is 1.69 bits per heavy atom. The number of hydrogen-bond donors (Lipinski definition) is 3. The van der Waals surface area contributed by atoms with E-state index in [1.54, 1.807) is 45.9 Å². The summed E-state index contributed by atoms with van der Waals surface area (Å²) in [5, 5.41) is 15.6. The minimum absolute atomic E-state index is 0.0876. The Hall–Kier alpha value is -2.77. The molecule has 0 aliphatic carbocycles. The lowest BCUT2D eigenvalue weighted by Crippen LogP contribution is -2.52. The van der Waals surface area contributed by atoms with Crippen molar-refractivity contribution >= 4 is 17.9 Å². The van der Waals surface area contributed by atoms with E-state index in [1.807, 2.05) is 13.8 Å². The number of ether oxygens (including phenoxy) is 1. The molecule has 1 aromatic carbocycles. The van der Waals surface area contributed by atoms with Crippen LogP contribution in [0.3, 0.4) is 0 Å². The highest BCUT2D eigenvalue weighted by Crippen LogP contribution is 2.29. The summed E-state index contributed by atoms with van der Waals surface area (Å²) in [4.78, 5) is 39.4. The molecule has 29 heavy (non-hydrogen) atoms. The van der Waals surface area contributed by atoms with E-state index in [2.05, 4.69) is 10.6 Å². The smallest absolute Gasteiger partial charge is 0.408 e. The fourth-order valence-electron chi connectivity index (χ4n) is 2.79. The van der Waals surface area contributed by atoms with Gasteiger partial charge in [-0.3, -0.25) is 9.59 Å². The number of phenolic OH excluding ortho intramolecular Hbond substituents is 1. The van der Waals surface area contributed by atoms with Crippen LogP contribution >= 0.6 is 0 Å². The van der Waals surface area contributed by atoms with Crippen LogP contribution in [0.4, 0.5) is 4.79 Å². The van der Waals surface area contributed by atoms with E-state index in [1.165, 1.54) is 17.9 Å². The Balaban J connectivity index is 3.17. The molecule has 0 radical (unpaired) electrons. The van der Waals surface area contributed by atoms with E-state index in [0.29, 0.717) is 5.56 Å². The fourth-order valence-corrected chi connectivity index (χ4v) is 2.79. The molecule has 0 aromatic heterocycles. The molecule has 0 spiro atoms. The van der Waals surface area contributed by atoms with Gasteiger partial charge in [0.1, 0.15) is 23.4 Å². The van der Waals surface area contributed by atoms with Crippen LogP contribution in [-0.4, -0.2) is 52.1 Å². The molecule has 0 aliphatic rings. The van der Waals surface area contributed by atoms with Crippen molar-refractivity contribution in [3.63, 3.8) is 0 Å². The number of hydrogen-bond acceptors (Lipinski definition) is 5. The van der Waals surface area contributed by atoms with Crippen LogP contribution in [0.15, 0.2) is 24.3 Å². The first-order chi connectivity index (χ1) is 13.4. The Bertz CT molecular complexity index is 727. The number of nitrogens with one attached hydrogen (secondary N) is 2. The second-order valence-corrected chi connectivity index (χ2v) is 8.12. The van der Waals surface area contributed by atoms with Gasteiger partial charge in [-0.05, 0) is 54.5 Å². The minimum Gasteiger partial charge on any atom is -0.508 e. The van der Waals surface area contributed by atoms with E-state index in [9.17, 15) is 19.5 Å². The molecule has 0 aliphatic heterocycles. The maximum absolute atomic E-state index is 13.1. The molecular formula is C21H33N3O5. The van der Waals surface area contributed by atoms with Crippen molar-refractivity contribution in [1.82, 2.24) is 15.5 Å². The number of carbonyl (C=O) groups is 3. The molecule has 3 amide bonds. The van der Waals surface area contributed by atoms with Crippen molar-refractivity contribution < 1.29 is 24.2 Å². The lowest BCUT2D eigenvalue weighted by Gasteiger charge is -2.33. The lowest BCUT2D eigenvalue weighted by molar-refractivity contribution is -0.142. The second kappa shape index (κ2) is 10.1. The number of nitrogens with zero attached hydrogens (tertiary/aromatic N) is 1. The van der Waals surface area contributed by atoms with Crippen molar-refractivity contribution in [2.45, 2.75) is 72.2 Å². The fraction of sp³-hybridized carbons (Fsp3) is 0.571. The maximum Gasteiger partial charge on any atom is 0.408 e. The number of phenols is 1. The van der Waals surface area contributed by atoms with Gasteiger partial charge in [0, 0.05) is 18.2 Å². The third-order valence-corrected chi connectivity index (χ3v) is 3.95. The van der Waals surface area contributed by atoms with E-state index < -0.39 is 35.6 Å². The van der Waals surface area contributed by atoms with Crippen molar-refractivity contribution in [3.8, 4) is 5.75 Å². The summed E-state index contributed by atoms with van der Waals surface area (Å²) in [5.74, 6) is -0.970. The first-order valence-electron chi connectivity index (χ1n) is 9.75. The largest absolute Gasteiger partial charge is 0.508 e. The van der Waals surface area contributed by atoms with Crippen LogP contribution in [-0.2, 0) is 14.3 Å². The van der Waals surface area contributed by atoms with Gasteiger partial charge in [0.2, 0.25) is 11.8 Å². The van der Waals surface area contributed by atoms with Gasteiger partial charge in [-0.2, -0.15) is 0 Å². The monoisotopic (exact) mass is 407 g/mol. The van der Waals surface area contributed by atoms with Crippen LogP contribution < -0.4 is 10.6 Å². The average Bonchev–Trinajstić information content (AvgIpc) is 2.57. The van der Waals surface area contributed by atoms with Crippen molar-refractivity contribution in [2.24, 2.45) is 0 Å². The number of aromatic hydroxyl groups is 1. The molecule has 0 bridgehead atoms. The minimum atomic E-state index is -1.04. The SMILES string of the molecule is CCN(C(=O)C(C)NC(=O)OC(C)(C)C)C(C(=O)NC(C)C)c1ccccc1O. The van der Waals surface area contributed by atoms with Crippen LogP contribution in [0, 0.1) is 0 Å². The Kier molecular flexibility index (Phi) is 8.48. The summed E-state index contributed by atoms with van der Waals surface area (Å²) < 4.78 is 5.20. The number of benzene rings is 1. The second-order valence-electron chi connectivity index (χ2n) is 8.12. The molecule has 3 N–H and O–H groups in total. The van der Waals surface area contributed by atoms with Crippen LogP contribution in [0.2, 0.25) is 0 Å². The van der Waals surface area contributed by atoms with Crippen molar-refractivity contribution in [3.05, 3.63) is 29.8 Å². The van der Waals surface area contributed by atoms with Crippen LogP contribution in [0.1, 0.15) is 60.1 Å². The van der Waals surface area contributed by atoms with Gasteiger partial charge < -0.3 is 25.4 Å². The third kappa shape index (κ3) is 7.29. The molecule has 8 nitrogen and oxygen atoms in total. The quantitative estimate of drug-likeness (QED) is 0.644. The summed E-state index contributed by atoms with van der Waals surface area (Å²) in [6, 6.07) is 4.27. The maximum atomic E-state index is 13.1. The summed E-state index contributed by atoms with van der Waals surface area (Å²) >= 11 is 0. The number of carbonyl (C=O) groups excluding carboxylic acids is 3. The number of alkyl carbamates (subject to hydrolysis) is 1.